The predicted octanol–water partition coefficient (Wildman–Crippen LogP) is 2.11. The quantitative estimate of drug-likeness (QED) is 0.810. The molecule has 1 saturated carbocycles. The van der Waals surface area contributed by atoms with Gasteiger partial charge in [0.15, 0.2) is 5.78 Å². The van der Waals surface area contributed by atoms with Gasteiger partial charge in [-0.05, 0) is 19.9 Å². The Morgan fingerprint density at radius 2 is 1.89 bits per heavy atom. The summed E-state index contributed by atoms with van der Waals surface area (Å²) >= 11 is 0. The van der Waals surface area contributed by atoms with E-state index in [1.807, 2.05) is 42.3 Å². The highest BCUT2D eigenvalue weighted by molar-refractivity contribution is 5.97. The minimum absolute atomic E-state index is 0.111. The largest absolute Gasteiger partial charge is 0.389 e. The highest BCUT2D eigenvalue weighted by Crippen LogP contribution is 2.29. The highest BCUT2D eigenvalue weighted by Gasteiger charge is 2.32. The maximum Gasteiger partial charge on any atom is 0.176 e. The summed E-state index contributed by atoms with van der Waals surface area (Å²) in [5.74, 6) is 0.111. The average Bonchev–Trinajstić information content (AvgIpc) is 2.76. The summed E-state index contributed by atoms with van der Waals surface area (Å²) in [6, 6.07) is 9.32. The van der Waals surface area contributed by atoms with E-state index in [2.05, 4.69) is 0 Å². The first kappa shape index (κ1) is 13.2. The molecule has 0 unspecified atom stereocenters. The Labute approximate surface area is 108 Å². The van der Waals surface area contributed by atoms with Crippen molar-refractivity contribution in [3.8, 4) is 0 Å². The molecular formula is C15H21NO2. The van der Waals surface area contributed by atoms with Gasteiger partial charge >= 0.3 is 0 Å². The van der Waals surface area contributed by atoms with Crippen molar-refractivity contribution in [2.75, 3.05) is 20.1 Å². The Bertz CT molecular complexity index is 396. The van der Waals surface area contributed by atoms with E-state index in [0.717, 1.165) is 31.2 Å². The molecule has 2 rings (SSSR count). The summed E-state index contributed by atoms with van der Waals surface area (Å²) in [5.41, 5.74) is 0.161. The molecule has 1 N–H and O–H groups in total. The Balaban J connectivity index is 1.88. The van der Waals surface area contributed by atoms with E-state index < -0.39 is 5.60 Å². The molecule has 0 aliphatic heterocycles. The number of Topliss-reactive ketones (excluding diaryl/α,β-unsaturated/α-hetero) is 1. The third-order valence-corrected chi connectivity index (χ3v) is 3.61. The third kappa shape index (κ3) is 3.40. The molecule has 3 nitrogen and oxygen atoms in total. The Kier molecular flexibility index (Phi) is 4.15. The number of carbonyl (C=O) groups excluding carboxylic acids is 1. The molecule has 0 radical (unpaired) electrons. The lowest BCUT2D eigenvalue weighted by Crippen LogP contribution is -2.41. The number of ketones is 1. The first-order valence-electron chi connectivity index (χ1n) is 6.58. The molecule has 18 heavy (non-hydrogen) atoms. The molecule has 0 saturated heterocycles. The Morgan fingerprint density at radius 3 is 2.50 bits per heavy atom. The Morgan fingerprint density at radius 1 is 1.28 bits per heavy atom. The van der Waals surface area contributed by atoms with Gasteiger partial charge in [0, 0.05) is 12.1 Å². The second-order valence-electron chi connectivity index (χ2n) is 5.39. The van der Waals surface area contributed by atoms with E-state index >= 15 is 0 Å². The van der Waals surface area contributed by atoms with Gasteiger partial charge in [-0.1, -0.05) is 43.2 Å². The number of likely N-dealkylation sites (N-methyl/N-ethyl adjacent to an activating group) is 1. The second-order valence-corrected chi connectivity index (χ2v) is 5.39. The van der Waals surface area contributed by atoms with Crippen LogP contribution in [0.25, 0.3) is 0 Å². The number of benzene rings is 1. The molecule has 0 heterocycles. The topological polar surface area (TPSA) is 40.5 Å². The van der Waals surface area contributed by atoms with Crippen molar-refractivity contribution in [3.05, 3.63) is 35.9 Å². The van der Waals surface area contributed by atoms with Gasteiger partial charge in [-0.25, -0.2) is 0 Å². The van der Waals surface area contributed by atoms with Gasteiger partial charge in [0.05, 0.1) is 12.1 Å². The van der Waals surface area contributed by atoms with Gasteiger partial charge in [-0.3, -0.25) is 9.69 Å². The van der Waals surface area contributed by atoms with Crippen LogP contribution in [-0.2, 0) is 0 Å². The minimum atomic E-state index is -0.578. The zero-order chi connectivity index (χ0) is 13.0. The molecule has 0 atom stereocenters. The van der Waals surface area contributed by atoms with E-state index in [1.54, 1.807) is 0 Å². The van der Waals surface area contributed by atoms with Crippen molar-refractivity contribution < 1.29 is 9.90 Å². The predicted molar refractivity (Wildman–Crippen MR) is 71.7 cm³/mol. The monoisotopic (exact) mass is 247 g/mol. The van der Waals surface area contributed by atoms with Crippen LogP contribution in [0.3, 0.4) is 0 Å². The zero-order valence-corrected chi connectivity index (χ0v) is 10.9. The van der Waals surface area contributed by atoms with Gasteiger partial charge in [0.25, 0.3) is 0 Å². The smallest absolute Gasteiger partial charge is 0.176 e. The van der Waals surface area contributed by atoms with Gasteiger partial charge in [0.2, 0.25) is 0 Å². The van der Waals surface area contributed by atoms with Crippen molar-refractivity contribution in [2.24, 2.45) is 0 Å². The van der Waals surface area contributed by atoms with Crippen LogP contribution < -0.4 is 0 Å². The standard InChI is InChI=1S/C15H21NO2/c1-16(12-15(18)9-5-6-10-15)11-14(17)13-7-3-2-4-8-13/h2-4,7-8,18H,5-6,9-12H2,1H3. The molecule has 1 aliphatic rings. The number of hydrogen-bond donors (Lipinski definition) is 1. The first-order chi connectivity index (χ1) is 8.59. The van der Waals surface area contributed by atoms with Crippen molar-refractivity contribution in [3.63, 3.8) is 0 Å². The molecule has 0 aromatic heterocycles. The maximum absolute atomic E-state index is 12.0. The molecular weight excluding hydrogens is 226 g/mol. The molecule has 1 aliphatic carbocycles. The van der Waals surface area contributed by atoms with Gasteiger partial charge in [0.1, 0.15) is 0 Å². The number of rotatable bonds is 5. The molecule has 0 amide bonds. The summed E-state index contributed by atoms with van der Waals surface area (Å²) in [5, 5.41) is 10.3. The third-order valence-electron chi connectivity index (χ3n) is 3.61. The van der Waals surface area contributed by atoms with Crippen LogP contribution in [0, 0.1) is 0 Å². The van der Waals surface area contributed by atoms with Gasteiger partial charge in [-0.2, -0.15) is 0 Å². The first-order valence-corrected chi connectivity index (χ1v) is 6.58. The van der Waals surface area contributed by atoms with Crippen LogP contribution in [0.15, 0.2) is 30.3 Å². The number of nitrogens with zero attached hydrogens (tertiary/aromatic N) is 1. The van der Waals surface area contributed by atoms with Gasteiger partial charge < -0.3 is 5.11 Å². The van der Waals surface area contributed by atoms with E-state index in [4.69, 9.17) is 0 Å². The summed E-state index contributed by atoms with van der Waals surface area (Å²) in [7, 11) is 1.90. The van der Waals surface area contributed by atoms with Crippen LogP contribution in [-0.4, -0.2) is 41.5 Å². The summed E-state index contributed by atoms with van der Waals surface area (Å²) < 4.78 is 0. The van der Waals surface area contributed by atoms with Crippen molar-refractivity contribution in [2.45, 2.75) is 31.3 Å². The maximum atomic E-state index is 12.0. The fourth-order valence-corrected chi connectivity index (χ4v) is 2.71. The summed E-state index contributed by atoms with van der Waals surface area (Å²) in [6.07, 6.45) is 3.90. The van der Waals surface area contributed by atoms with E-state index in [-0.39, 0.29) is 5.78 Å². The number of hydrogen-bond acceptors (Lipinski definition) is 3. The van der Waals surface area contributed by atoms with Crippen molar-refractivity contribution in [1.29, 1.82) is 0 Å². The molecule has 0 spiro atoms. The minimum Gasteiger partial charge on any atom is -0.389 e. The van der Waals surface area contributed by atoms with E-state index in [0.29, 0.717) is 13.1 Å². The molecule has 3 heteroatoms. The number of carbonyl (C=O) groups is 1. The fourth-order valence-electron chi connectivity index (χ4n) is 2.71. The van der Waals surface area contributed by atoms with Crippen molar-refractivity contribution >= 4 is 5.78 Å². The second kappa shape index (κ2) is 5.63. The molecule has 98 valence electrons. The molecule has 1 aromatic rings. The van der Waals surface area contributed by atoms with Crippen LogP contribution in [0.4, 0.5) is 0 Å². The SMILES string of the molecule is CN(CC(=O)c1ccccc1)CC1(O)CCCC1. The molecule has 1 fully saturated rings. The van der Waals surface area contributed by atoms with Gasteiger partial charge in [-0.15, -0.1) is 0 Å². The zero-order valence-electron chi connectivity index (χ0n) is 10.9. The molecule has 0 bridgehead atoms. The lowest BCUT2D eigenvalue weighted by atomic mass is 10.0. The fraction of sp³-hybridized carbons (Fsp3) is 0.533. The molecule has 1 aromatic carbocycles. The lowest BCUT2D eigenvalue weighted by molar-refractivity contribution is 0.0172. The van der Waals surface area contributed by atoms with Crippen molar-refractivity contribution in [1.82, 2.24) is 4.90 Å². The lowest BCUT2D eigenvalue weighted by Gasteiger charge is -2.28. The van der Waals surface area contributed by atoms with Crippen LogP contribution in [0.2, 0.25) is 0 Å². The number of aliphatic hydroxyl groups is 1. The highest BCUT2D eigenvalue weighted by atomic mass is 16.3. The van der Waals surface area contributed by atoms with Crippen LogP contribution in [0.5, 0.6) is 0 Å². The Hall–Kier alpha value is -1.19. The van der Waals surface area contributed by atoms with E-state index in [9.17, 15) is 9.90 Å². The van der Waals surface area contributed by atoms with Crippen LogP contribution in [0.1, 0.15) is 36.0 Å². The summed E-state index contributed by atoms with van der Waals surface area (Å²) in [6.45, 7) is 0.956. The average molecular weight is 247 g/mol. The normalized spacial score (nSPS) is 18.2. The summed E-state index contributed by atoms with van der Waals surface area (Å²) in [4.78, 5) is 13.9. The van der Waals surface area contributed by atoms with E-state index in [1.165, 1.54) is 0 Å². The van der Waals surface area contributed by atoms with Crippen LogP contribution >= 0.6 is 0 Å².